The van der Waals surface area contributed by atoms with E-state index < -0.39 is 0 Å². The molecule has 0 aromatic carbocycles. The van der Waals surface area contributed by atoms with E-state index >= 15 is 0 Å². The number of rotatable bonds is 5. The van der Waals surface area contributed by atoms with Gasteiger partial charge in [-0.3, -0.25) is 0 Å². The molecule has 1 saturated heterocycles. The van der Waals surface area contributed by atoms with Gasteiger partial charge in [0.1, 0.15) is 0 Å². The zero-order valence-electron chi connectivity index (χ0n) is 10.5. The third-order valence-electron chi connectivity index (χ3n) is 3.38. The summed E-state index contributed by atoms with van der Waals surface area (Å²) in [5.41, 5.74) is 0.309. The molecule has 0 spiro atoms. The first kappa shape index (κ1) is 12.9. The van der Waals surface area contributed by atoms with Crippen molar-refractivity contribution in [1.82, 2.24) is 10.2 Å². The predicted octanol–water partition coefficient (Wildman–Crippen LogP) is 1.49. The summed E-state index contributed by atoms with van der Waals surface area (Å²) in [4.78, 5) is 2.57. The number of nitrogens with one attached hydrogen (secondary N) is 1. The molecular formula is C12H26N2O. The van der Waals surface area contributed by atoms with Crippen LogP contribution in [0.1, 0.15) is 33.1 Å². The van der Waals surface area contributed by atoms with Gasteiger partial charge in [0.2, 0.25) is 0 Å². The highest BCUT2D eigenvalue weighted by Gasteiger charge is 2.26. The Morgan fingerprint density at radius 1 is 1.47 bits per heavy atom. The molecule has 0 aliphatic carbocycles. The van der Waals surface area contributed by atoms with Gasteiger partial charge in [-0.25, -0.2) is 0 Å². The summed E-state index contributed by atoms with van der Waals surface area (Å²) < 4.78 is 5.10. The van der Waals surface area contributed by atoms with Crippen LogP contribution in [-0.2, 0) is 4.74 Å². The molecule has 0 aromatic heterocycles. The van der Waals surface area contributed by atoms with Gasteiger partial charge in [-0.05, 0) is 39.3 Å². The minimum atomic E-state index is 0.309. The molecule has 0 radical (unpaired) electrons. The van der Waals surface area contributed by atoms with Crippen LogP contribution in [0.15, 0.2) is 0 Å². The van der Waals surface area contributed by atoms with E-state index in [4.69, 9.17) is 4.74 Å². The van der Waals surface area contributed by atoms with Crippen LogP contribution in [0.4, 0.5) is 0 Å². The minimum Gasteiger partial charge on any atom is -0.385 e. The molecule has 0 amide bonds. The summed E-state index contributed by atoms with van der Waals surface area (Å²) in [6.07, 6.45) is 3.62. The molecule has 1 N–H and O–H groups in total. The van der Waals surface area contributed by atoms with E-state index in [1.807, 2.05) is 0 Å². The van der Waals surface area contributed by atoms with Gasteiger partial charge in [-0.2, -0.15) is 0 Å². The molecule has 3 heteroatoms. The van der Waals surface area contributed by atoms with E-state index in [0.717, 1.165) is 19.6 Å². The van der Waals surface area contributed by atoms with Gasteiger partial charge in [0.05, 0.1) is 0 Å². The third-order valence-corrected chi connectivity index (χ3v) is 3.38. The van der Waals surface area contributed by atoms with Crippen LogP contribution >= 0.6 is 0 Å². The van der Waals surface area contributed by atoms with Crippen LogP contribution < -0.4 is 5.32 Å². The Balaban J connectivity index is 2.36. The number of ether oxygens (including phenoxy) is 1. The number of nitrogens with zero attached hydrogens (tertiary/aromatic N) is 1. The van der Waals surface area contributed by atoms with Crippen LogP contribution in [0.5, 0.6) is 0 Å². The highest BCUT2D eigenvalue weighted by Crippen LogP contribution is 2.15. The first-order chi connectivity index (χ1) is 7.20. The van der Waals surface area contributed by atoms with Gasteiger partial charge < -0.3 is 15.0 Å². The van der Waals surface area contributed by atoms with Gasteiger partial charge in [0.15, 0.2) is 0 Å². The van der Waals surface area contributed by atoms with Crippen molar-refractivity contribution in [2.45, 2.75) is 38.6 Å². The van der Waals surface area contributed by atoms with E-state index in [0.29, 0.717) is 5.54 Å². The number of hydrogen-bond acceptors (Lipinski definition) is 3. The monoisotopic (exact) mass is 214 g/mol. The molecule has 0 bridgehead atoms. The van der Waals surface area contributed by atoms with E-state index in [1.165, 1.54) is 32.5 Å². The summed E-state index contributed by atoms with van der Waals surface area (Å²) in [5, 5.41) is 3.66. The Labute approximate surface area is 94.2 Å². The molecule has 1 fully saturated rings. The van der Waals surface area contributed by atoms with Crippen molar-refractivity contribution in [3.05, 3.63) is 0 Å². The molecule has 0 saturated carbocycles. The van der Waals surface area contributed by atoms with Crippen molar-refractivity contribution in [3.8, 4) is 0 Å². The van der Waals surface area contributed by atoms with Crippen LogP contribution in [0.3, 0.4) is 0 Å². The highest BCUT2D eigenvalue weighted by atomic mass is 16.5. The molecular weight excluding hydrogens is 188 g/mol. The topological polar surface area (TPSA) is 24.5 Å². The molecule has 15 heavy (non-hydrogen) atoms. The van der Waals surface area contributed by atoms with Gasteiger partial charge in [0, 0.05) is 32.3 Å². The van der Waals surface area contributed by atoms with E-state index in [1.54, 1.807) is 7.11 Å². The second-order valence-corrected chi connectivity index (χ2v) is 4.82. The molecule has 1 rings (SSSR count). The molecule has 1 heterocycles. The summed E-state index contributed by atoms with van der Waals surface area (Å²) in [5.74, 6) is 0. The van der Waals surface area contributed by atoms with Gasteiger partial charge >= 0.3 is 0 Å². The van der Waals surface area contributed by atoms with Crippen molar-refractivity contribution in [2.24, 2.45) is 0 Å². The quantitative estimate of drug-likeness (QED) is 0.702. The fraction of sp³-hybridized carbons (Fsp3) is 1.00. The lowest BCUT2D eigenvalue weighted by atomic mass is 9.98. The van der Waals surface area contributed by atoms with Crippen molar-refractivity contribution in [3.63, 3.8) is 0 Å². The molecule has 1 aliphatic heterocycles. The summed E-state index contributed by atoms with van der Waals surface area (Å²) >= 11 is 0. The minimum absolute atomic E-state index is 0.309. The smallest absolute Gasteiger partial charge is 0.0474 e. The lowest BCUT2D eigenvalue weighted by Crippen LogP contribution is -2.48. The average Bonchev–Trinajstić information content (AvgIpc) is 2.42. The van der Waals surface area contributed by atoms with Crippen LogP contribution in [-0.4, -0.2) is 50.3 Å². The van der Waals surface area contributed by atoms with Crippen molar-refractivity contribution in [1.29, 1.82) is 0 Å². The maximum Gasteiger partial charge on any atom is 0.0474 e. The zero-order chi connectivity index (χ0) is 11.1. The standard InChI is InChI=1S/C12H26N2O/c1-4-12(2)11-14(8-5-7-13-12)9-6-10-15-3/h13H,4-11H2,1-3H3. The summed E-state index contributed by atoms with van der Waals surface area (Å²) in [6, 6.07) is 0. The Morgan fingerprint density at radius 3 is 2.93 bits per heavy atom. The lowest BCUT2D eigenvalue weighted by Gasteiger charge is -2.32. The molecule has 3 nitrogen and oxygen atoms in total. The molecule has 1 unspecified atom stereocenters. The summed E-state index contributed by atoms with van der Waals surface area (Å²) in [7, 11) is 1.78. The normalized spacial score (nSPS) is 29.0. The fourth-order valence-electron chi connectivity index (χ4n) is 2.18. The average molecular weight is 214 g/mol. The third kappa shape index (κ3) is 4.49. The first-order valence-electron chi connectivity index (χ1n) is 6.16. The Hall–Kier alpha value is -0.120. The van der Waals surface area contributed by atoms with E-state index in [-0.39, 0.29) is 0 Å². The predicted molar refractivity (Wildman–Crippen MR) is 64.2 cm³/mol. The number of methoxy groups -OCH3 is 1. The lowest BCUT2D eigenvalue weighted by molar-refractivity contribution is 0.160. The highest BCUT2D eigenvalue weighted by molar-refractivity contribution is 4.87. The first-order valence-corrected chi connectivity index (χ1v) is 6.16. The second-order valence-electron chi connectivity index (χ2n) is 4.82. The van der Waals surface area contributed by atoms with Gasteiger partial charge in [-0.1, -0.05) is 6.92 Å². The van der Waals surface area contributed by atoms with Crippen molar-refractivity contribution >= 4 is 0 Å². The summed E-state index contributed by atoms with van der Waals surface area (Å²) in [6.45, 7) is 10.2. The fourth-order valence-corrected chi connectivity index (χ4v) is 2.18. The van der Waals surface area contributed by atoms with Gasteiger partial charge in [0.25, 0.3) is 0 Å². The SMILES string of the molecule is CCC1(C)CN(CCCOC)CCCN1. The molecule has 90 valence electrons. The van der Waals surface area contributed by atoms with Crippen molar-refractivity contribution < 1.29 is 4.74 Å². The molecule has 1 atom stereocenters. The van der Waals surface area contributed by atoms with E-state index in [2.05, 4.69) is 24.1 Å². The maximum absolute atomic E-state index is 5.10. The Kier molecular flexibility index (Phi) is 5.58. The van der Waals surface area contributed by atoms with Crippen LogP contribution in [0, 0.1) is 0 Å². The second kappa shape index (κ2) is 6.46. The Morgan fingerprint density at radius 2 is 2.27 bits per heavy atom. The molecule has 1 aliphatic rings. The Bertz CT molecular complexity index is 175. The maximum atomic E-state index is 5.10. The zero-order valence-corrected chi connectivity index (χ0v) is 10.5. The largest absolute Gasteiger partial charge is 0.385 e. The van der Waals surface area contributed by atoms with Gasteiger partial charge in [-0.15, -0.1) is 0 Å². The molecule has 0 aromatic rings. The van der Waals surface area contributed by atoms with Crippen molar-refractivity contribution in [2.75, 3.05) is 39.9 Å². The van der Waals surface area contributed by atoms with Crippen LogP contribution in [0.25, 0.3) is 0 Å². The van der Waals surface area contributed by atoms with Crippen LogP contribution in [0.2, 0.25) is 0 Å². The van der Waals surface area contributed by atoms with E-state index in [9.17, 15) is 0 Å². The number of hydrogen-bond donors (Lipinski definition) is 1.